The van der Waals surface area contributed by atoms with Crippen molar-refractivity contribution in [1.82, 2.24) is 10.6 Å². The van der Waals surface area contributed by atoms with Crippen molar-refractivity contribution in [3.63, 3.8) is 0 Å². The highest BCUT2D eigenvalue weighted by molar-refractivity contribution is 5.81. The average molecular weight is 242 g/mol. The summed E-state index contributed by atoms with van der Waals surface area (Å²) in [5, 5.41) is 6.17. The molecule has 2 atom stereocenters. The fourth-order valence-electron chi connectivity index (χ4n) is 1.84. The quantitative estimate of drug-likeness (QED) is 0.707. The van der Waals surface area contributed by atoms with Gasteiger partial charge in [-0.3, -0.25) is 4.79 Å². The number of carbonyl (C=O) groups excluding carboxylic acids is 1. The number of amides is 1. The molecule has 17 heavy (non-hydrogen) atoms. The molecule has 1 rings (SSSR count). The molecule has 2 unspecified atom stereocenters. The van der Waals surface area contributed by atoms with Crippen LogP contribution in [-0.4, -0.2) is 37.7 Å². The van der Waals surface area contributed by atoms with Gasteiger partial charge in [0.25, 0.3) is 0 Å². The van der Waals surface area contributed by atoms with Gasteiger partial charge in [-0.2, -0.15) is 0 Å². The summed E-state index contributed by atoms with van der Waals surface area (Å²) in [5.74, 6) is 0.717. The van der Waals surface area contributed by atoms with Crippen LogP contribution in [-0.2, 0) is 9.53 Å². The summed E-state index contributed by atoms with van der Waals surface area (Å²) in [5.41, 5.74) is 0. The first-order valence-corrected chi connectivity index (χ1v) is 6.72. The Kier molecular flexibility index (Phi) is 6.52. The van der Waals surface area contributed by atoms with Gasteiger partial charge >= 0.3 is 0 Å². The van der Waals surface area contributed by atoms with E-state index in [-0.39, 0.29) is 11.9 Å². The van der Waals surface area contributed by atoms with Gasteiger partial charge in [-0.15, -0.1) is 0 Å². The van der Waals surface area contributed by atoms with E-state index in [2.05, 4.69) is 24.5 Å². The lowest BCUT2D eigenvalue weighted by Gasteiger charge is -2.17. The summed E-state index contributed by atoms with van der Waals surface area (Å²) in [4.78, 5) is 11.7. The first-order valence-electron chi connectivity index (χ1n) is 6.72. The second-order valence-electron chi connectivity index (χ2n) is 5.24. The zero-order chi connectivity index (χ0) is 12.7. The Balaban J connectivity index is 2.08. The molecule has 1 saturated heterocycles. The van der Waals surface area contributed by atoms with Crippen LogP contribution in [0.3, 0.4) is 0 Å². The Morgan fingerprint density at radius 2 is 2.18 bits per heavy atom. The first-order chi connectivity index (χ1) is 8.09. The Morgan fingerprint density at radius 3 is 2.76 bits per heavy atom. The third kappa shape index (κ3) is 6.03. The Morgan fingerprint density at radius 1 is 1.41 bits per heavy atom. The number of nitrogens with one attached hydrogen (secondary N) is 2. The molecule has 0 spiro atoms. The van der Waals surface area contributed by atoms with Gasteiger partial charge in [-0.25, -0.2) is 0 Å². The third-order valence-electron chi connectivity index (χ3n) is 3.09. The van der Waals surface area contributed by atoms with E-state index < -0.39 is 0 Å². The van der Waals surface area contributed by atoms with Gasteiger partial charge in [0.05, 0.1) is 12.1 Å². The standard InChI is InChI=1S/C13H26N2O2/c1-10(2)6-7-14-13(16)11(3)15-9-12-5-4-8-17-12/h10-12,15H,4-9H2,1-3H3,(H,14,16). The van der Waals surface area contributed by atoms with E-state index >= 15 is 0 Å². The van der Waals surface area contributed by atoms with Crippen LogP contribution in [0.25, 0.3) is 0 Å². The lowest BCUT2D eigenvalue weighted by molar-refractivity contribution is -0.122. The lowest BCUT2D eigenvalue weighted by atomic mass is 10.1. The molecule has 0 bridgehead atoms. The maximum Gasteiger partial charge on any atom is 0.236 e. The van der Waals surface area contributed by atoms with Crippen LogP contribution in [0.1, 0.15) is 40.0 Å². The van der Waals surface area contributed by atoms with Gasteiger partial charge in [0.2, 0.25) is 5.91 Å². The monoisotopic (exact) mass is 242 g/mol. The topological polar surface area (TPSA) is 50.4 Å². The van der Waals surface area contributed by atoms with Crippen LogP contribution in [0, 0.1) is 5.92 Å². The number of hydrogen-bond acceptors (Lipinski definition) is 3. The fraction of sp³-hybridized carbons (Fsp3) is 0.923. The summed E-state index contributed by atoms with van der Waals surface area (Å²) in [7, 11) is 0. The highest BCUT2D eigenvalue weighted by Gasteiger charge is 2.18. The summed E-state index contributed by atoms with van der Waals surface area (Å²) in [6.07, 6.45) is 3.57. The summed E-state index contributed by atoms with van der Waals surface area (Å²) in [6, 6.07) is -0.133. The second-order valence-corrected chi connectivity index (χ2v) is 5.24. The normalized spacial score (nSPS) is 21.8. The van der Waals surface area contributed by atoms with Gasteiger partial charge in [-0.1, -0.05) is 13.8 Å². The van der Waals surface area contributed by atoms with E-state index in [9.17, 15) is 4.79 Å². The van der Waals surface area contributed by atoms with E-state index in [1.165, 1.54) is 0 Å². The van der Waals surface area contributed by atoms with Crippen molar-refractivity contribution in [2.75, 3.05) is 19.7 Å². The van der Waals surface area contributed by atoms with E-state index in [0.29, 0.717) is 12.0 Å². The van der Waals surface area contributed by atoms with Gasteiger partial charge in [-0.05, 0) is 32.1 Å². The molecular formula is C13H26N2O2. The molecule has 4 heteroatoms. The maximum atomic E-state index is 11.7. The fourth-order valence-corrected chi connectivity index (χ4v) is 1.84. The smallest absolute Gasteiger partial charge is 0.236 e. The van der Waals surface area contributed by atoms with Crippen molar-refractivity contribution >= 4 is 5.91 Å². The molecule has 2 N–H and O–H groups in total. The highest BCUT2D eigenvalue weighted by atomic mass is 16.5. The Bertz CT molecular complexity index is 225. The summed E-state index contributed by atoms with van der Waals surface area (Å²) < 4.78 is 5.50. The molecule has 1 aliphatic heterocycles. The molecule has 4 nitrogen and oxygen atoms in total. The van der Waals surface area contributed by atoms with Crippen molar-refractivity contribution in [2.45, 2.75) is 52.2 Å². The van der Waals surface area contributed by atoms with E-state index in [1.54, 1.807) is 0 Å². The van der Waals surface area contributed by atoms with Crippen LogP contribution in [0.15, 0.2) is 0 Å². The molecule has 1 amide bonds. The van der Waals surface area contributed by atoms with Crippen molar-refractivity contribution in [3.8, 4) is 0 Å². The van der Waals surface area contributed by atoms with Crippen molar-refractivity contribution in [3.05, 3.63) is 0 Å². The highest BCUT2D eigenvalue weighted by Crippen LogP contribution is 2.10. The second kappa shape index (κ2) is 7.67. The average Bonchev–Trinajstić information content (AvgIpc) is 2.78. The predicted octanol–water partition coefficient (Wildman–Crippen LogP) is 1.31. The van der Waals surface area contributed by atoms with Crippen molar-refractivity contribution in [1.29, 1.82) is 0 Å². The zero-order valence-electron chi connectivity index (χ0n) is 11.3. The SMILES string of the molecule is CC(C)CCNC(=O)C(C)NCC1CCCO1. The van der Waals surface area contributed by atoms with E-state index in [0.717, 1.165) is 39.0 Å². The van der Waals surface area contributed by atoms with Crippen LogP contribution in [0.4, 0.5) is 0 Å². The van der Waals surface area contributed by atoms with Crippen LogP contribution < -0.4 is 10.6 Å². The van der Waals surface area contributed by atoms with Crippen molar-refractivity contribution < 1.29 is 9.53 Å². The van der Waals surface area contributed by atoms with Gasteiger partial charge in [0.1, 0.15) is 0 Å². The minimum atomic E-state index is -0.133. The molecule has 0 aromatic rings. The molecule has 0 saturated carbocycles. The Labute approximate surface area is 104 Å². The molecule has 100 valence electrons. The minimum absolute atomic E-state index is 0.0867. The van der Waals surface area contributed by atoms with Crippen LogP contribution in [0.5, 0.6) is 0 Å². The zero-order valence-corrected chi connectivity index (χ0v) is 11.3. The van der Waals surface area contributed by atoms with E-state index in [4.69, 9.17) is 4.74 Å². The van der Waals surface area contributed by atoms with Crippen LogP contribution >= 0.6 is 0 Å². The third-order valence-corrected chi connectivity index (χ3v) is 3.09. The largest absolute Gasteiger partial charge is 0.377 e. The molecule has 0 aromatic carbocycles. The molecular weight excluding hydrogens is 216 g/mol. The van der Waals surface area contributed by atoms with Crippen molar-refractivity contribution in [2.24, 2.45) is 5.92 Å². The van der Waals surface area contributed by atoms with E-state index in [1.807, 2.05) is 6.92 Å². The predicted molar refractivity (Wildman–Crippen MR) is 68.9 cm³/mol. The maximum absolute atomic E-state index is 11.7. The minimum Gasteiger partial charge on any atom is -0.377 e. The molecule has 1 fully saturated rings. The molecule has 0 aromatic heterocycles. The summed E-state index contributed by atoms with van der Waals surface area (Å²) >= 11 is 0. The van der Waals surface area contributed by atoms with Gasteiger partial charge in [0, 0.05) is 19.7 Å². The summed E-state index contributed by atoms with van der Waals surface area (Å²) in [6.45, 7) is 8.62. The lowest BCUT2D eigenvalue weighted by Crippen LogP contribution is -2.45. The number of carbonyl (C=O) groups is 1. The number of ether oxygens (including phenoxy) is 1. The van der Waals surface area contributed by atoms with Gasteiger partial charge in [0.15, 0.2) is 0 Å². The number of hydrogen-bond donors (Lipinski definition) is 2. The van der Waals surface area contributed by atoms with Gasteiger partial charge < -0.3 is 15.4 Å². The number of rotatable bonds is 7. The molecule has 0 aliphatic carbocycles. The Hall–Kier alpha value is -0.610. The first kappa shape index (κ1) is 14.5. The van der Waals surface area contributed by atoms with Crippen LogP contribution in [0.2, 0.25) is 0 Å². The molecule has 0 radical (unpaired) electrons. The molecule has 1 aliphatic rings. The molecule has 1 heterocycles.